The van der Waals surface area contributed by atoms with E-state index in [0.29, 0.717) is 6.42 Å². The molecule has 4 saturated carbocycles. The molecular formula is C23H26N4O3S. The second-order valence-corrected chi connectivity index (χ2v) is 11.1. The number of nitro groups is 1. The zero-order chi connectivity index (χ0) is 21.2. The molecule has 1 aliphatic heterocycles. The highest BCUT2D eigenvalue weighted by Gasteiger charge is 2.51. The van der Waals surface area contributed by atoms with Crippen LogP contribution in [0.2, 0.25) is 0 Å². The third-order valence-corrected chi connectivity index (χ3v) is 8.79. The van der Waals surface area contributed by atoms with Crippen LogP contribution < -0.4 is 5.32 Å². The van der Waals surface area contributed by atoms with Gasteiger partial charge in [0.15, 0.2) is 0 Å². The van der Waals surface area contributed by atoms with Gasteiger partial charge in [-0.25, -0.2) is 4.68 Å². The number of carbonyl (C=O) groups is 1. The average molecular weight is 439 g/mol. The lowest BCUT2D eigenvalue weighted by molar-refractivity contribution is -0.384. The lowest BCUT2D eigenvalue weighted by Crippen LogP contribution is -2.47. The Morgan fingerprint density at radius 2 is 1.77 bits per heavy atom. The summed E-state index contributed by atoms with van der Waals surface area (Å²) in [4.78, 5) is 23.9. The van der Waals surface area contributed by atoms with Gasteiger partial charge in [-0.15, -0.1) is 0 Å². The number of amides is 1. The summed E-state index contributed by atoms with van der Waals surface area (Å²) in [5.41, 5.74) is 3.05. The standard InChI is InChI=1S/C23H26N4O3S/c28-21(11-23-8-14-5-15(9-23)7-16(6-14)10-23)24-22-19-12-31-13-20(19)25-26(22)17-1-3-18(4-2-17)27(29)30/h1-4,14-16H,5-13H2,(H,24,28). The minimum absolute atomic E-state index is 0.0476. The molecule has 0 unspecified atom stereocenters. The predicted octanol–water partition coefficient (Wildman–Crippen LogP) is 5.07. The molecule has 31 heavy (non-hydrogen) atoms. The molecule has 4 aliphatic carbocycles. The van der Waals surface area contributed by atoms with Crippen molar-refractivity contribution in [3.8, 4) is 5.69 Å². The Labute approximate surface area is 185 Å². The van der Waals surface area contributed by atoms with E-state index in [2.05, 4.69) is 5.32 Å². The first-order valence-corrected chi connectivity index (χ1v) is 12.4. The predicted molar refractivity (Wildman–Crippen MR) is 119 cm³/mol. The summed E-state index contributed by atoms with van der Waals surface area (Å²) < 4.78 is 1.76. The molecule has 2 aromatic rings. The van der Waals surface area contributed by atoms with Crippen LogP contribution in [0.25, 0.3) is 5.69 Å². The normalized spacial score (nSPS) is 30.4. The van der Waals surface area contributed by atoms with E-state index in [1.165, 1.54) is 50.7 Å². The number of carbonyl (C=O) groups excluding carboxylic acids is 1. The number of anilines is 1. The van der Waals surface area contributed by atoms with Gasteiger partial charge in [0.1, 0.15) is 5.82 Å². The number of rotatable bonds is 5. The Kier molecular flexibility index (Phi) is 4.42. The number of hydrogen-bond acceptors (Lipinski definition) is 5. The van der Waals surface area contributed by atoms with Gasteiger partial charge in [0, 0.05) is 35.6 Å². The summed E-state index contributed by atoms with van der Waals surface area (Å²) >= 11 is 1.80. The number of fused-ring (bicyclic) bond motifs is 1. The van der Waals surface area contributed by atoms with E-state index in [1.807, 2.05) is 0 Å². The molecule has 0 radical (unpaired) electrons. The smallest absolute Gasteiger partial charge is 0.269 e. The maximum Gasteiger partial charge on any atom is 0.269 e. The Morgan fingerprint density at radius 3 is 2.39 bits per heavy atom. The fourth-order valence-electron chi connectivity index (χ4n) is 7.07. The Balaban J connectivity index is 1.26. The maximum absolute atomic E-state index is 13.3. The number of thioether (sulfide) groups is 1. The van der Waals surface area contributed by atoms with Crippen molar-refractivity contribution in [1.82, 2.24) is 9.78 Å². The molecule has 7 rings (SSSR count). The van der Waals surface area contributed by atoms with Crippen molar-refractivity contribution in [2.24, 2.45) is 23.2 Å². The zero-order valence-corrected chi connectivity index (χ0v) is 18.2. The number of aromatic nitrogens is 2. The highest BCUT2D eigenvalue weighted by molar-refractivity contribution is 7.98. The lowest BCUT2D eigenvalue weighted by Gasteiger charge is -2.56. The molecule has 0 saturated heterocycles. The molecule has 2 heterocycles. The second kappa shape index (κ2) is 7.08. The van der Waals surface area contributed by atoms with Crippen LogP contribution in [0.4, 0.5) is 11.5 Å². The third kappa shape index (κ3) is 3.35. The summed E-state index contributed by atoms with van der Waals surface area (Å²) in [5.74, 6) is 4.96. The van der Waals surface area contributed by atoms with Crippen LogP contribution in [0.1, 0.15) is 56.2 Å². The van der Waals surface area contributed by atoms with Crippen LogP contribution in [-0.2, 0) is 16.3 Å². The Hall–Kier alpha value is -2.35. The number of hydrogen-bond donors (Lipinski definition) is 1. The Bertz CT molecular complexity index is 1030. The van der Waals surface area contributed by atoms with Crippen molar-refractivity contribution in [2.75, 3.05) is 5.32 Å². The SMILES string of the molecule is O=C(CC12CC3CC(CC(C3)C1)C2)Nc1c2c(nn1-c1ccc([N+](=O)[O-])cc1)CSC2. The van der Waals surface area contributed by atoms with E-state index in [4.69, 9.17) is 5.10 Å². The molecule has 4 bridgehead atoms. The molecule has 1 aromatic carbocycles. The summed E-state index contributed by atoms with van der Waals surface area (Å²) in [6, 6.07) is 6.36. The fraction of sp³-hybridized carbons (Fsp3) is 0.565. The Morgan fingerprint density at radius 1 is 1.13 bits per heavy atom. The highest BCUT2D eigenvalue weighted by atomic mass is 32.2. The minimum atomic E-state index is -0.405. The van der Waals surface area contributed by atoms with Crippen LogP contribution in [0.3, 0.4) is 0 Å². The van der Waals surface area contributed by atoms with Crippen molar-refractivity contribution in [3.05, 3.63) is 45.6 Å². The number of nitro benzene ring substituents is 1. The minimum Gasteiger partial charge on any atom is -0.310 e. The first-order valence-electron chi connectivity index (χ1n) is 11.2. The topological polar surface area (TPSA) is 90.1 Å². The summed E-state index contributed by atoms with van der Waals surface area (Å²) in [5, 5.41) is 18.9. The fourth-order valence-corrected chi connectivity index (χ4v) is 8.10. The van der Waals surface area contributed by atoms with Crippen LogP contribution in [0, 0.1) is 33.3 Å². The highest BCUT2D eigenvalue weighted by Crippen LogP contribution is 2.61. The number of benzene rings is 1. The number of nitrogens with zero attached hydrogens (tertiary/aromatic N) is 3. The quantitative estimate of drug-likeness (QED) is 0.520. The van der Waals surface area contributed by atoms with Gasteiger partial charge in [-0.05, 0) is 73.8 Å². The van der Waals surface area contributed by atoms with E-state index in [9.17, 15) is 14.9 Å². The molecule has 1 N–H and O–H groups in total. The molecule has 0 atom stereocenters. The van der Waals surface area contributed by atoms with Gasteiger partial charge < -0.3 is 5.32 Å². The van der Waals surface area contributed by atoms with Crippen LogP contribution in [0.5, 0.6) is 0 Å². The van der Waals surface area contributed by atoms with Crippen molar-refractivity contribution in [1.29, 1.82) is 0 Å². The van der Waals surface area contributed by atoms with Gasteiger partial charge in [0.25, 0.3) is 5.69 Å². The second-order valence-electron chi connectivity index (χ2n) is 10.1. The summed E-state index contributed by atoms with van der Waals surface area (Å²) in [6.07, 6.45) is 8.35. The van der Waals surface area contributed by atoms with E-state index < -0.39 is 4.92 Å². The van der Waals surface area contributed by atoms with Crippen LogP contribution in [0.15, 0.2) is 24.3 Å². The van der Waals surface area contributed by atoms with Crippen LogP contribution in [-0.4, -0.2) is 20.6 Å². The van der Waals surface area contributed by atoms with E-state index in [1.54, 1.807) is 28.6 Å². The van der Waals surface area contributed by atoms with Crippen molar-refractivity contribution in [3.63, 3.8) is 0 Å². The number of non-ortho nitro benzene ring substituents is 1. The third-order valence-electron chi connectivity index (χ3n) is 7.82. The molecule has 1 aromatic heterocycles. The van der Waals surface area contributed by atoms with Crippen molar-refractivity contribution >= 4 is 29.2 Å². The lowest BCUT2D eigenvalue weighted by atomic mass is 9.49. The van der Waals surface area contributed by atoms with Crippen molar-refractivity contribution < 1.29 is 9.72 Å². The van der Waals surface area contributed by atoms with Gasteiger partial charge in [0.2, 0.25) is 5.91 Å². The summed E-state index contributed by atoms with van der Waals surface area (Å²) in [7, 11) is 0. The molecule has 7 nitrogen and oxygen atoms in total. The zero-order valence-electron chi connectivity index (χ0n) is 17.4. The largest absolute Gasteiger partial charge is 0.310 e. The first kappa shape index (κ1) is 19.3. The molecule has 5 aliphatic rings. The van der Waals surface area contributed by atoms with E-state index >= 15 is 0 Å². The van der Waals surface area contributed by atoms with Crippen LogP contribution >= 0.6 is 11.8 Å². The van der Waals surface area contributed by atoms with Gasteiger partial charge in [-0.1, -0.05) is 0 Å². The first-order chi connectivity index (χ1) is 15.0. The van der Waals surface area contributed by atoms with Gasteiger partial charge in [0.05, 0.1) is 16.3 Å². The molecule has 1 amide bonds. The average Bonchev–Trinajstić information content (AvgIpc) is 3.29. The van der Waals surface area contributed by atoms with Gasteiger partial charge in [-0.2, -0.15) is 16.9 Å². The van der Waals surface area contributed by atoms with Gasteiger partial charge in [-0.3, -0.25) is 14.9 Å². The molecule has 0 spiro atoms. The molecular weight excluding hydrogens is 412 g/mol. The molecule has 8 heteroatoms. The van der Waals surface area contributed by atoms with Gasteiger partial charge >= 0.3 is 0 Å². The molecule has 4 fully saturated rings. The van der Waals surface area contributed by atoms with Crippen molar-refractivity contribution in [2.45, 2.75) is 56.5 Å². The summed E-state index contributed by atoms with van der Waals surface area (Å²) in [6.45, 7) is 0. The van der Waals surface area contributed by atoms with E-state index in [-0.39, 0.29) is 17.0 Å². The number of nitrogens with one attached hydrogen (secondary N) is 1. The maximum atomic E-state index is 13.3. The monoisotopic (exact) mass is 438 g/mol. The van der Waals surface area contributed by atoms with E-state index in [0.717, 1.165) is 52.0 Å². The molecule has 162 valence electrons.